The number of hydrogen-bond acceptors (Lipinski definition) is 4. The molecule has 18 heavy (non-hydrogen) atoms. The minimum Gasteiger partial charge on any atom is -0.480 e. The highest BCUT2D eigenvalue weighted by Gasteiger charge is 2.27. The molecule has 0 radical (unpaired) electrons. The molecule has 1 saturated carbocycles. The molecular formula is C11H15N3O3S. The van der Waals surface area contributed by atoms with Crippen LogP contribution in [0.3, 0.4) is 0 Å². The molecule has 98 valence electrons. The van der Waals surface area contributed by atoms with Crippen LogP contribution in [0.15, 0.2) is 5.38 Å². The van der Waals surface area contributed by atoms with Crippen molar-refractivity contribution in [3.63, 3.8) is 0 Å². The second-order valence-corrected chi connectivity index (χ2v) is 5.27. The standard InChI is InChI=1S/C11H15N3O3S/c1-6(9(15)16)14(2)11(17)13-10-12-8(5-18-10)7-3-4-7/h5-7H,3-4H2,1-2H3,(H,15,16)(H,12,13,17). The number of nitrogens with one attached hydrogen (secondary N) is 1. The van der Waals surface area contributed by atoms with Gasteiger partial charge in [0.15, 0.2) is 5.13 Å². The van der Waals surface area contributed by atoms with Gasteiger partial charge in [-0.15, -0.1) is 11.3 Å². The summed E-state index contributed by atoms with van der Waals surface area (Å²) in [5.41, 5.74) is 1.02. The number of carboxylic acid groups (broad SMARTS) is 1. The van der Waals surface area contributed by atoms with E-state index in [9.17, 15) is 9.59 Å². The van der Waals surface area contributed by atoms with E-state index in [0.717, 1.165) is 23.4 Å². The molecule has 2 amide bonds. The lowest BCUT2D eigenvalue weighted by Crippen LogP contribution is -2.42. The van der Waals surface area contributed by atoms with Gasteiger partial charge >= 0.3 is 12.0 Å². The molecule has 7 heteroatoms. The van der Waals surface area contributed by atoms with Gasteiger partial charge in [0, 0.05) is 18.3 Å². The van der Waals surface area contributed by atoms with Gasteiger partial charge < -0.3 is 10.0 Å². The Labute approximate surface area is 109 Å². The highest BCUT2D eigenvalue weighted by Crippen LogP contribution is 2.40. The molecular weight excluding hydrogens is 254 g/mol. The second kappa shape index (κ2) is 4.93. The van der Waals surface area contributed by atoms with Gasteiger partial charge in [-0.25, -0.2) is 14.6 Å². The van der Waals surface area contributed by atoms with E-state index in [1.807, 2.05) is 5.38 Å². The van der Waals surface area contributed by atoms with E-state index in [1.165, 1.54) is 25.3 Å². The summed E-state index contributed by atoms with van der Waals surface area (Å²) in [5.74, 6) is -0.493. The fourth-order valence-electron chi connectivity index (χ4n) is 1.43. The molecule has 0 bridgehead atoms. The number of hydrogen-bond donors (Lipinski definition) is 2. The Morgan fingerprint density at radius 1 is 1.61 bits per heavy atom. The fourth-order valence-corrected chi connectivity index (χ4v) is 2.21. The molecule has 1 aromatic rings. The SMILES string of the molecule is CC(C(=O)O)N(C)C(=O)Nc1nc(C2CC2)cs1. The van der Waals surface area contributed by atoms with Gasteiger partial charge in [0.1, 0.15) is 6.04 Å². The summed E-state index contributed by atoms with van der Waals surface area (Å²) in [4.78, 5) is 28.0. The van der Waals surface area contributed by atoms with Crippen LogP contribution >= 0.6 is 11.3 Å². The van der Waals surface area contributed by atoms with Gasteiger partial charge in [0.2, 0.25) is 0 Å². The van der Waals surface area contributed by atoms with Crippen LogP contribution in [0, 0.1) is 0 Å². The normalized spacial score (nSPS) is 16.1. The van der Waals surface area contributed by atoms with Crippen molar-refractivity contribution in [2.75, 3.05) is 12.4 Å². The first kappa shape index (κ1) is 12.8. The predicted molar refractivity (Wildman–Crippen MR) is 68.0 cm³/mol. The molecule has 6 nitrogen and oxygen atoms in total. The van der Waals surface area contributed by atoms with E-state index in [-0.39, 0.29) is 0 Å². The molecule has 2 rings (SSSR count). The molecule has 1 fully saturated rings. The van der Waals surface area contributed by atoms with Crippen molar-refractivity contribution in [3.8, 4) is 0 Å². The van der Waals surface area contributed by atoms with E-state index < -0.39 is 18.0 Å². The topological polar surface area (TPSA) is 82.5 Å². The lowest BCUT2D eigenvalue weighted by atomic mass is 10.3. The Hall–Kier alpha value is -1.63. The summed E-state index contributed by atoms with van der Waals surface area (Å²) in [6, 6.07) is -1.32. The first-order valence-corrected chi connectivity index (χ1v) is 6.59. The summed E-state index contributed by atoms with van der Waals surface area (Å²) in [7, 11) is 1.45. The van der Waals surface area contributed by atoms with Crippen LogP contribution in [-0.2, 0) is 4.79 Å². The zero-order valence-corrected chi connectivity index (χ0v) is 11.0. The third-order valence-corrected chi connectivity index (χ3v) is 3.77. The summed E-state index contributed by atoms with van der Waals surface area (Å²) >= 11 is 1.37. The van der Waals surface area contributed by atoms with Gasteiger partial charge in [-0.2, -0.15) is 0 Å². The van der Waals surface area contributed by atoms with Crippen LogP contribution in [0.1, 0.15) is 31.4 Å². The number of aliphatic carboxylic acids is 1. The molecule has 1 atom stereocenters. The summed E-state index contributed by atoms with van der Waals surface area (Å²) in [6.45, 7) is 1.46. The number of amides is 2. The highest BCUT2D eigenvalue weighted by molar-refractivity contribution is 7.13. The largest absolute Gasteiger partial charge is 0.480 e. The number of likely N-dealkylation sites (N-methyl/N-ethyl adjacent to an activating group) is 1. The second-order valence-electron chi connectivity index (χ2n) is 4.41. The number of thiazole rings is 1. The third-order valence-electron chi connectivity index (χ3n) is 2.99. The zero-order chi connectivity index (χ0) is 13.3. The Balaban J connectivity index is 1.95. The molecule has 1 aliphatic rings. The van der Waals surface area contributed by atoms with Crippen molar-refractivity contribution in [3.05, 3.63) is 11.1 Å². The van der Waals surface area contributed by atoms with Crippen LogP contribution < -0.4 is 5.32 Å². The molecule has 1 aliphatic carbocycles. The maximum Gasteiger partial charge on any atom is 0.326 e. The summed E-state index contributed by atoms with van der Waals surface area (Å²) < 4.78 is 0. The number of anilines is 1. The number of aromatic nitrogens is 1. The van der Waals surface area contributed by atoms with Gasteiger partial charge in [-0.3, -0.25) is 5.32 Å². The molecule has 1 unspecified atom stereocenters. The van der Waals surface area contributed by atoms with Crippen LogP contribution in [-0.4, -0.2) is 40.1 Å². The third kappa shape index (κ3) is 2.79. The lowest BCUT2D eigenvalue weighted by molar-refractivity contribution is -0.141. The molecule has 0 aromatic carbocycles. The van der Waals surface area contributed by atoms with Crippen molar-refractivity contribution in [1.82, 2.24) is 9.88 Å². The number of carboxylic acids is 1. The van der Waals surface area contributed by atoms with Crippen LogP contribution in [0.2, 0.25) is 0 Å². The van der Waals surface area contributed by atoms with E-state index >= 15 is 0 Å². The minimum absolute atomic E-state index is 0.457. The number of urea groups is 1. The lowest BCUT2D eigenvalue weighted by Gasteiger charge is -2.20. The van der Waals surface area contributed by atoms with Crippen molar-refractivity contribution in [1.29, 1.82) is 0 Å². The average Bonchev–Trinajstić information content (AvgIpc) is 3.08. The van der Waals surface area contributed by atoms with Gasteiger partial charge in [0.25, 0.3) is 0 Å². The highest BCUT2D eigenvalue weighted by atomic mass is 32.1. The maximum absolute atomic E-state index is 11.8. The van der Waals surface area contributed by atoms with Crippen LogP contribution in [0.5, 0.6) is 0 Å². The Morgan fingerprint density at radius 3 is 2.83 bits per heavy atom. The van der Waals surface area contributed by atoms with Gasteiger partial charge in [0.05, 0.1) is 5.69 Å². The molecule has 0 spiro atoms. The number of carbonyl (C=O) groups is 2. The predicted octanol–water partition coefficient (Wildman–Crippen LogP) is 1.96. The quantitative estimate of drug-likeness (QED) is 0.875. The molecule has 0 saturated heterocycles. The minimum atomic E-state index is -1.04. The molecule has 1 aromatic heterocycles. The molecule has 1 heterocycles. The van der Waals surface area contributed by atoms with E-state index in [4.69, 9.17) is 5.11 Å². The van der Waals surface area contributed by atoms with Gasteiger partial charge in [-0.05, 0) is 19.8 Å². The van der Waals surface area contributed by atoms with Gasteiger partial charge in [-0.1, -0.05) is 0 Å². The maximum atomic E-state index is 11.8. The average molecular weight is 269 g/mol. The van der Waals surface area contributed by atoms with Crippen molar-refractivity contribution < 1.29 is 14.7 Å². The van der Waals surface area contributed by atoms with Crippen LogP contribution in [0.25, 0.3) is 0 Å². The van der Waals surface area contributed by atoms with Crippen molar-refractivity contribution in [2.45, 2.75) is 31.7 Å². The first-order valence-electron chi connectivity index (χ1n) is 5.71. The Morgan fingerprint density at radius 2 is 2.28 bits per heavy atom. The first-order chi connectivity index (χ1) is 8.49. The number of nitrogens with zero attached hydrogens (tertiary/aromatic N) is 2. The summed E-state index contributed by atoms with van der Waals surface area (Å²) in [6.07, 6.45) is 2.32. The number of carbonyl (C=O) groups excluding carboxylic acids is 1. The monoisotopic (exact) mass is 269 g/mol. The van der Waals surface area contributed by atoms with Crippen LogP contribution in [0.4, 0.5) is 9.93 Å². The van der Waals surface area contributed by atoms with E-state index in [0.29, 0.717) is 11.0 Å². The number of rotatable bonds is 4. The smallest absolute Gasteiger partial charge is 0.326 e. The summed E-state index contributed by atoms with van der Waals surface area (Å²) in [5, 5.41) is 13.9. The van der Waals surface area contributed by atoms with Crippen molar-refractivity contribution >= 4 is 28.5 Å². The Bertz CT molecular complexity index is 470. The Kier molecular flexibility index (Phi) is 3.51. The van der Waals surface area contributed by atoms with Crippen molar-refractivity contribution in [2.24, 2.45) is 0 Å². The van der Waals surface area contributed by atoms with E-state index in [1.54, 1.807) is 0 Å². The fraction of sp³-hybridized carbons (Fsp3) is 0.545. The molecule has 0 aliphatic heterocycles. The van der Waals surface area contributed by atoms with E-state index in [2.05, 4.69) is 10.3 Å². The molecule has 2 N–H and O–H groups in total. The zero-order valence-electron chi connectivity index (χ0n) is 10.2.